The van der Waals surface area contributed by atoms with E-state index in [1.165, 1.54) is 6.07 Å². The summed E-state index contributed by atoms with van der Waals surface area (Å²) in [7, 11) is 0. The van der Waals surface area contributed by atoms with Gasteiger partial charge < -0.3 is 9.32 Å². The molecule has 1 fully saturated rings. The summed E-state index contributed by atoms with van der Waals surface area (Å²) in [4.78, 5) is 14.1. The van der Waals surface area contributed by atoms with Crippen LogP contribution in [0.2, 0.25) is 0 Å². The average molecular weight is 287 g/mol. The van der Waals surface area contributed by atoms with Gasteiger partial charge in [0.15, 0.2) is 0 Å². The van der Waals surface area contributed by atoms with Crippen LogP contribution in [0.5, 0.6) is 0 Å². The summed E-state index contributed by atoms with van der Waals surface area (Å²) in [5, 5.41) is 0. The van der Waals surface area contributed by atoms with Crippen LogP contribution in [0.4, 0.5) is 4.39 Å². The molecule has 3 rings (SSSR count). The summed E-state index contributed by atoms with van der Waals surface area (Å²) < 4.78 is 18.9. The van der Waals surface area contributed by atoms with Gasteiger partial charge in [0, 0.05) is 25.4 Å². The van der Waals surface area contributed by atoms with Gasteiger partial charge in [0.05, 0.1) is 6.26 Å². The van der Waals surface area contributed by atoms with Gasteiger partial charge in [-0.25, -0.2) is 4.39 Å². The standard InChI is InChI=1S/C17H18FNO2/c18-15-5-2-1-4-13(15)7-8-17(20)19-10-9-14(12-19)16-6-3-11-21-16/h1-6,11,14H,7-10,12H2. The molecule has 1 aromatic heterocycles. The van der Waals surface area contributed by atoms with Crippen LogP contribution in [0.15, 0.2) is 47.1 Å². The first-order valence-electron chi connectivity index (χ1n) is 7.28. The number of carbonyl (C=O) groups excluding carboxylic acids is 1. The van der Waals surface area contributed by atoms with E-state index >= 15 is 0 Å². The van der Waals surface area contributed by atoms with Crippen LogP contribution < -0.4 is 0 Å². The fraction of sp³-hybridized carbons (Fsp3) is 0.353. The second kappa shape index (κ2) is 6.12. The summed E-state index contributed by atoms with van der Waals surface area (Å²) in [6.45, 7) is 1.45. The van der Waals surface area contributed by atoms with Gasteiger partial charge in [-0.1, -0.05) is 18.2 Å². The molecule has 1 aliphatic heterocycles. The maximum atomic E-state index is 13.5. The summed E-state index contributed by atoms with van der Waals surface area (Å²) >= 11 is 0. The van der Waals surface area contributed by atoms with Gasteiger partial charge in [-0.3, -0.25) is 4.79 Å². The van der Waals surface area contributed by atoms with Crippen LogP contribution >= 0.6 is 0 Å². The smallest absolute Gasteiger partial charge is 0.222 e. The summed E-state index contributed by atoms with van der Waals surface area (Å²) in [5.74, 6) is 1.09. The summed E-state index contributed by atoms with van der Waals surface area (Å²) in [6, 6.07) is 10.5. The van der Waals surface area contributed by atoms with Crippen LogP contribution in [0.3, 0.4) is 0 Å². The van der Waals surface area contributed by atoms with Crippen molar-refractivity contribution < 1.29 is 13.6 Å². The summed E-state index contributed by atoms with van der Waals surface area (Å²) in [5.41, 5.74) is 0.604. The van der Waals surface area contributed by atoms with Crippen molar-refractivity contribution in [3.8, 4) is 0 Å². The van der Waals surface area contributed by atoms with E-state index in [0.717, 1.165) is 18.7 Å². The Morgan fingerprint density at radius 1 is 1.29 bits per heavy atom. The number of likely N-dealkylation sites (tertiary alicyclic amines) is 1. The Morgan fingerprint density at radius 2 is 2.14 bits per heavy atom. The Kier molecular flexibility index (Phi) is 4.04. The van der Waals surface area contributed by atoms with Crippen LogP contribution in [0.25, 0.3) is 0 Å². The number of rotatable bonds is 4. The predicted molar refractivity (Wildman–Crippen MR) is 77.4 cm³/mol. The van der Waals surface area contributed by atoms with Gasteiger partial charge in [0.1, 0.15) is 11.6 Å². The third-order valence-corrected chi connectivity index (χ3v) is 4.05. The Hall–Kier alpha value is -2.10. The molecule has 0 aliphatic carbocycles. The van der Waals surface area contributed by atoms with Crippen LogP contribution in [0, 0.1) is 5.82 Å². The number of aryl methyl sites for hydroxylation is 1. The molecule has 1 unspecified atom stereocenters. The first kappa shape index (κ1) is 13.9. The normalized spacial score (nSPS) is 18.1. The fourth-order valence-corrected chi connectivity index (χ4v) is 2.84. The van der Waals surface area contributed by atoms with Gasteiger partial charge in [0.25, 0.3) is 0 Å². The number of amides is 1. The number of furan rings is 1. The van der Waals surface area contributed by atoms with Gasteiger partial charge in [-0.2, -0.15) is 0 Å². The van der Waals surface area contributed by atoms with Crippen molar-refractivity contribution in [3.63, 3.8) is 0 Å². The molecule has 3 nitrogen and oxygen atoms in total. The van der Waals surface area contributed by atoms with Crippen molar-refractivity contribution in [2.75, 3.05) is 13.1 Å². The van der Waals surface area contributed by atoms with Crippen molar-refractivity contribution in [2.24, 2.45) is 0 Å². The number of nitrogens with zero attached hydrogens (tertiary/aromatic N) is 1. The molecule has 0 radical (unpaired) electrons. The molecule has 1 amide bonds. The largest absolute Gasteiger partial charge is 0.469 e. The Balaban J connectivity index is 1.54. The monoisotopic (exact) mass is 287 g/mol. The van der Waals surface area contributed by atoms with Crippen LogP contribution in [-0.4, -0.2) is 23.9 Å². The van der Waals surface area contributed by atoms with Crippen molar-refractivity contribution >= 4 is 5.91 Å². The molecule has 4 heteroatoms. The van der Waals surface area contributed by atoms with Crippen LogP contribution in [-0.2, 0) is 11.2 Å². The molecular weight excluding hydrogens is 269 g/mol. The highest BCUT2D eigenvalue weighted by molar-refractivity contribution is 5.76. The first-order valence-corrected chi connectivity index (χ1v) is 7.28. The molecule has 110 valence electrons. The second-order valence-electron chi connectivity index (χ2n) is 5.43. The summed E-state index contributed by atoms with van der Waals surface area (Å²) in [6.07, 6.45) is 3.40. The first-order chi connectivity index (χ1) is 10.2. The molecule has 0 spiro atoms. The minimum atomic E-state index is -0.236. The lowest BCUT2D eigenvalue weighted by atomic mass is 10.1. The Labute approximate surface area is 123 Å². The minimum absolute atomic E-state index is 0.0901. The highest BCUT2D eigenvalue weighted by atomic mass is 19.1. The Morgan fingerprint density at radius 3 is 2.90 bits per heavy atom. The number of hydrogen-bond acceptors (Lipinski definition) is 2. The molecule has 0 bridgehead atoms. The van der Waals surface area contributed by atoms with Gasteiger partial charge in [-0.05, 0) is 36.6 Å². The highest BCUT2D eigenvalue weighted by Gasteiger charge is 2.28. The molecule has 2 heterocycles. The van der Waals surface area contributed by atoms with E-state index in [2.05, 4.69) is 0 Å². The van der Waals surface area contributed by atoms with Crippen molar-refractivity contribution in [1.29, 1.82) is 0 Å². The van der Waals surface area contributed by atoms with Crippen molar-refractivity contribution in [1.82, 2.24) is 4.90 Å². The van der Waals surface area contributed by atoms with E-state index < -0.39 is 0 Å². The van der Waals surface area contributed by atoms with Gasteiger partial charge >= 0.3 is 0 Å². The average Bonchev–Trinajstić information content (AvgIpc) is 3.16. The van der Waals surface area contributed by atoms with Gasteiger partial charge in [0.2, 0.25) is 5.91 Å². The lowest BCUT2D eigenvalue weighted by Gasteiger charge is -2.16. The maximum absolute atomic E-state index is 13.5. The molecule has 0 saturated carbocycles. The third kappa shape index (κ3) is 3.15. The number of carbonyl (C=O) groups is 1. The topological polar surface area (TPSA) is 33.5 Å². The molecule has 1 aromatic carbocycles. The second-order valence-corrected chi connectivity index (χ2v) is 5.43. The molecule has 1 aliphatic rings. The van der Waals surface area contributed by atoms with Crippen molar-refractivity contribution in [3.05, 3.63) is 59.8 Å². The molecule has 2 aromatic rings. The van der Waals surface area contributed by atoms with Gasteiger partial charge in [-0.15, -0.1) is 0 Å². The van der Waals surface area contributed by atoms with Crippen molar-refractivity contribution in [2.45, 2.75) is 25.2 Å². The van der Waals surface area contributed by atoms with E-state index in [-0.39, 0.29) is 17.6 Å². The van der Waals surface area contributed by atoms with E-state index in [1.54, 1.807) is 24.5 Å². The van der Waals surface area contributed by atoms with E-state index in [4.69, 9.17) is 4.42 Å². The number of hydrogen-bond donors (Lipinski definition) is 0. The third-order valence-electron chi connectivity index (χ3n) is 4.05. The number of benzene rings is 1. The molecule has 0 N–H and O–H groups in total. The fourth-order valence-electron chi connectivity index (χ4n) is 2.84. The van der Waals surface area contributed by atoms with E-state index in [1.807, 2.05) is 17.0 Å². The lowest BCUT2D eigenvalue weighted by molar-refractivity contribution is -0.130. The zero-order chi connectivity index (χ0) is 14.7. The minimum Gasteiger partial charge on any atom is -0.469 e. The molecule has 1 atom stereocenters. The predicted octanol–water partition coefficient (Wildman–Crippen LogP) is 3.37. The Bertz CT molecular complexity index is 609. The lowest BCUT2D eigenvalue weighted by Crippen LogP contribution is -2.28. The SMILES string of the molecule is O=C(CCc1ccccc1F)N1CCC(c2ccco2)C1. The molecular formula is C17H18FNO2. The molecule has 1 saturated heterocycles. The maximum Gasteiger partial charge on any atom is 0.222 e. The van der Waals surface area contributed by atoms with Crippen LogP contribution in [0.1, 0.15) is 30.1 Å². The van der Waals surface area contributed by atoms with E-state index in [9.17, 15) is 9.18 Å². The zero-order valence-electron chi connectivity index (χ0n) is 11.8. The number of halogens is 1. The molecule has 21 heavy (non-hydrogen) atoms. The van der Waals surface area contributed by atoms with E-state index in [0.29, 0.717) is 24.9 Å². The quantitative estimate of drug-likeness (QED) is 0.864. The zero-order valence-corrected chi connectivity index (χ0v) is 11.8. The highest BCUT2D eigenvalue weighted by Crippen LogP contribution is 2.27.